The summed E-state index contributed by atoms with van der Waals surface area (Å²) < 4.78 is 5.77. The van der Waals surface area contributed by atoms with Crippen molar-refractivity contribution in [2.24, 2.45) is 0 Å². The zero-order valence-corrected chi connectivity index (χ0v) is 9.08. The lowest BCUT2D eigenvalue weighted by atomic mass is 10.4. The Balaban J connectivity index is 2.06. The summed E-state index contributed by atoms with van der Waals surface area (Å²) in [4.78, 5) is 27.0. The molecule has 0 spiro atoms. The molecular formula is C10H10N4O3. The lowest BCUT2D eigenvalue weighted by Gasteiger charge is -2.04. The number of aromatic nitrogens is 3. The van der Waals surface area contributed by atoms with Crippen LogP contribution in [0.5, 0.6) is 0 Å². The van der Waals surface area contributed by atoms with Gasteiger partial charge in [0.15, 0.2) is 5.82 Å². The summed E-state index contributed by atoms with van der Waals surface area (Å²) in [5, 5.41) is 6.01. The van der Waals surface area contributed by atoms with Gasteiger partial charge in [-0.2, -0.15) is 0 Å². The van der Waals surface area contributed by atoms with Gasteiger partial charge in [-0.05, 0) is 6.92 Å². The lowest BCUT2D eigenvalue weighted by Crippen LogP contribution is -2.27. The van der Waals surface area contributed by atoms with Gasteiger partial charge in [-0.15, -0.1) is 0 Å². The van der Waals surface area contributed by atoms with E-state index in [1.54, 1.807) is 6.92 Å². The Morgan fingerprint density at radius 2 is 2.41 bits per heavy atom. The van der Waals surface area contributed by atoms with Crippen LogP contribution in [-0.4, -0.2) is 20.6 Å². The zero-order chi connectivity index (χ0) is 12.3. The second kappa shape index (κ2) is 4.60. The number of hydrogen-bond acceptors (Lipinski definition) is 5. The zero-order valence-electron chi connectivity index (χ0n) is 9.08. The Kier molecular flexibility index (Phi) is 2.99. The van der Waals surface area contributed by atoms with E-state index in [9.17, 15) is 9.59 Å². The topological polar surface area (TPSA) is 90.0 Å². The minimum Gasteiger partial charge on any atom is -0.363 e. The third-order valence-corrected chi connectivity index (χ3v) is 2.04. The molecule has 2 rings (SSSR count). The fourth-order valence-corrected chi connectivity index (χ4v) is 1.25. The number of nitrogens with one attached hydrogen (secondary N) is 1. The van der Waals surface area contributed by atoms with Crippen molar-refractivity contribution in [1.82, 2.24) is 14.7 Å². The number of nitrogens with zero attached hydrogens (tertiary/aromatic N) is 3. The van der Waals surface area contributed by atoms with Crippen molar-refractivity contribution in [2.45, 2.75) is 13.5 Å². The van der Waals surface area contributed by atoms with Crippen molar-refractivity contribution in [3.8, 4) is 0 Å². The lowest BCUT2D eigenvalue weighted by molar-refractivity contribution is -0.116. The predicted octanol–water partition coefficient (Wildman–Crippen LogP) is 0.178. The minimum absolute atomic E-state index is 0.112. The first-order valence-corrected chi connectivity index (χ1v) is 4.88. The van der Waals surface area contributed by atoms with Crippen LogP contribution in [0.25, 0.3) is 0 Å². The Hall–Kier alpha value is -2.44. The number of aryl methyl sites for hydroxylation is 1. The normalized spacial score (nSPS) is 10.2. The first-order chi connectivity index (χ1) is 8.15. The molecule has 7 nitrogen and oxygen atoms in total. The number of carbonyl (C=O) groups is 1. The second-order valence-electron chi connectivity index (χ2n) is 3.43. The molecular weight excluding hydrogens is 224 g/mol. The van der Waals surface area contributed by atoms with E-state index in [2.05, 4.69) is 20.0 Å². The minimum atomic E-state index is -0.369. The summed E-state index contributed by atoms with van der Waals surface area (Å²) in [5.74, 6) is -0.0604. The molecule has 17 heavy (non-hydrogen) atoms. The highest BCUT2D eigenvalue weighted by Crippen LogP contribution is 2.00. The van der Waals surface area contributed by atoms with Crippen molar-refractivity contribution in [3.05, 3.63) is 40.8 Å². The maximum atomic E-state index is 11.5. The average molecular weight is 234 g/mol. The van der Waals surface area contributed by atoms with Gasteiger partial charge in [0.05, 0.1) is 6.33 Å². The van der Waals surface area contributed by atoms with Gasteiger partial charge in [0, 0.05) is 17.8 Å². The Morgan fingerprint density at radius 1 is 1.59 bits per heavy atom. The molecule has 0 saturated heterocycles. The van der Waals surface area contributed by atoms with Crippen LogP contribution in [0.4, 0.5) is 5.82 Å². The van der Waals surface area contributed by atoms with E-state index in [0.29, 0.717) is 11.5 Å². The molecule has 2 aromatic heterocycles. The van der Waals surface area contributed by atoms with Crippen LogP contribution in [0.3, 0.4) is 0 Å². The van der Waals surface area contributed by atoms with Crippen LogP contribution >= 0.6 is 0 Å². The van der Waals surface area contributed by atoms with Crippen molar-refractivity contribution < 1.29 is 9.32 Å². The van der Waals surface area contributed by atoms with E-state index >= 15 is 0 Å². The van der Waals surface area contributed by atoms with Crippen molar-refractivity contribution in [3.63, 3.8) is 0 Å². The van der Waals surface area contributed by atoms with Gasteiger partial charge in [0.25, 0.3) is 5.56 Å². The van der Waals surface area contributed by atoms with Gasteiger partial charge in [-0.1, -0.05) is 5.16 Å². The number of carbonyl (C=O) groups excluding carboxylic acids is 1. The average Bonchev–Trinajstić information content (AvgIpc) is 2.75. The molecule has 1 amide bonds. The standard InChI is InChI=1S/C10H10N4O3/c1-7-4-10(16)14(6-11-7)5-9(15)12-8-2-3-17-13-8/h2-4,6H,5H2,1H3,(H,12,13,15). The molecule has 0 bridgehead atoms. The number of anilines is 1. The summed E-state index contributed by atoms with van der Waals surface area (Å²) in [6.45, 7) is 1.60. The molecule has 1 N–H and O–H groups in total. The van der Waals surface area contributed by atoms with Gasteiger partial charge < -0.3 is 9.84 Å². The number of rotatable bonds is 3. The fourth-order valence-electron chi connectivity index (χ4n) is 1.25. The molecule has 7 heteroatoms. The molecule has 0 radical (unpaired) electrons. The van der Waals surface area contributed by atoms with E-state index in [4.69, 9.17) is 0 Å². The molecule has 0 aromatic carbocycles. The maximum absolute atomic E-state index is 11.5. The third-order valence-electron chi connectivity index (χ3n) is 2.04. The van der Waals surface area contributed by atoms with Crippen LogP contribution in [0.1, 0.15) is 5.69 Å². The van der Waals surface area contributed by atoms with E-state index < -0.39 is 0 Å². The first kappa shape index (κ1) is 11.1. The maximum Gasteiger partial charge on any atom is 0.253 e. The highest BCUT2D eigenvalue weighted by Gasteiger charge is 2.06. The van der Waals surface area contributed by atoms with Gasteiger partial charge in [-0.3, -0.25) is 14.2 Å². The molecule has 2 heterocycles. The first-order valence-electron chi connectivity index (χ1n) is 4.88. The van der Waals surface area contributed by atoms with E-state index in [-0.39, 0.29) is 18.0 Å². The van der Waals surface area contributed by atoms with Gasteiger partial charge >= 0.3 is 0 Å². The smallest absolute Gasteiger partial charge is 0.253 e. The molecule has 0 fully saturated rings. The summed E-state index contributed by atoms with van der Waals surface area (Å²) in [6, 6.07) is 2.87. The van der Waals surface area contributed by atoms with Crippen LogP contribution in [0.2, 0.25) is 0 Å². The van der Waals surface area contributed by atoms with E-state index in [1.807, 2.05) is 0 Å². The summed E-state index contributed by atoms with van der Waals surface area (Å²) in [6.07, 6.45) is 2.68. The molecule has 0 unspecified atom stereocenters. The number of amides is 1. The van der Waals surface area contributed by atoms with Gasteiger partial charge in [0.2, 0.25) is 5.91 Å². The van der Waals surface area contributed by atoms with Crippen molar-refractivity contribution >= 4 is 11.7 Å². The Labute approximate surface area is 96.1 Å². The van der Waals surface area contributed by atoms with Crippen LogP contribution < -0.4 is 10.9 Å². The molecule has 0 aliphatic rings. The molecule has 0 aliphatic heterocycles. The molecule has 0 saturated carbocycles. The monoisotopic (exact) mass is 234 g/mol. The highest BCUT2D eigenvalue weighted by molar-refractivity contribution is 5.89. The fraction of sp³-hybridized carbons (Fsp3) is 0.200. The molecule has 2 aromatic rings. The summed E-state index contributed by atoms with van der Waals surface area (Å²) in [7, 11) is 0. The van der Waals surface area contributed by atoms with Crippen LogP contribution in [0, 0.1) is 6.92 Å². The Morgan fingerprint density at radius 3 is 3.06 bits per heavy atom. The van der Waals surface area contributed by atoms with Crippen LogP contribution in [-0.2, 0) is 11.3 Å². The van der Waals surface area contributed by atoms with Gasteiger partial charge in [0.1, 0.15) is 12.8 Å². The summed E-state index contributed by atoms with van der Waals surface area (Å²) >= 11 is 0. The van der Waals surface area contributed by atoms with Gasteiger partial charge in [-0.25, -0.2) is 4.98 Å². The third kappa shape index (κ3) is 2.77. The second-order valence-corrected chi connectivity index (χ2v) is 3.43. The number of hydrogen-bond donors (Lipinski definition) is 1. The highest BCUT2D eigenvalue weighted by atomic mass is 16.5. The van der Waals surface area contributed by atoms with E-state index in [0.717, 1.165) is 0 Å². The van der Waals surface area contributed by atoms with Crippen molar-refractivity contribution in [2.75, 3.05) is 5.32 Å². The largest absolute Gasteiger partial charge is 0.363 e. The SMILES string of the molecule is Cc1cc(=O)n(CC(=O)Nc2ccon2)cn1. The molecule has 88 valence electrons. The van der Waals surface area contributed by atoms with Crippen LogP contribution in [0.15, 0.2) is 34.0 Å². The predicted molar refractivity (Wildman–Crippen MR) is 58.4 cm³/mol. The summed E-state index contributed by atoms with van der Waals surface area (Å²) in [5.41, 5.74) is 0.343. The quantitative estimate of drug-likeness (QED) is 0.818. The van der Waals surface area contributed by atoms with E-state index in [1.165, 1.54) is 29.3 Å². The molecule has 0 atom stereocenters. The van der Waals surface area contributed by atoms with Crippen molar-refractivity contribution in [1.29, 1.82) is 0 Å². The Bertz CT molecular complexity index is 573. The molecule has 0 aliphatic carbocycles.